The van der Waals surface area contributed by atoms with E-state index in [1.807, 2.05) is 24.3 Å². The highest BCUT2D eigenvalue weighted by molar-refractivity contribution is 8.01. The summed E-state index contributed by atoms with van der Waals surface area (Å²) in [5.41, 5.74) is 0.899. The van der Waals surface area contributed by atoms with Gasteiger partial charge in [-0.2, -0.15) is 0 Å². The summed E-state index contributed by atoms with van der Waals surface area (Å²) in [6.07, 6.45) is 0. The number of hydrogen-bond donors (Lipinski definition) is 2. The van der Waals surface area contributed by atoms with Crippen molar-refractivity contribution in [3.8, 4) is 5.75 Å². The van der Waals surface area contributed by atoms with Gasteiger partial charge in [0.15, 0.2) is 4.34 Å². The van der Waals surface area contributed by atoms with Crippen LogP contribution in [0.2, 0.25) is 0 Å². The van der Waals surface area contributed by atoms with Crippen LogP contribution in [0.25, 0.3) is 0 Å². The van der Waals surface area contributed by atoms with Crippen LogP contribution in [0.1, 0.15) is 0 Å². The Hall–Kier alpha value is -1.84. The predicted molar refractivity (Wildman–Crippen MR) is 91.8 cm³/mol. The Morgan fingerprint density at radius 3 is 2.74 bits per heavy atom. The Bertz CT molecular complexity index is 619. The number of nitrogens with one attached hydrogen (secondary N) is 2. The average Bonchev–Trinajstić information content (AvgIpc) is 3.01. The second-order valence-corrected chi connectivity index (χ2v) is 6.56. The topological polar surface area (TPSA) is 85.4 Å². The molecule has 0 unspecified atom stereocenters. The van der Waals surface area contributed by atoms with Gasteiger partial charge >= 0.3 is 0 Å². The van der Waals surface area contributed by atoms with Crippen molar-refractivity contribution in [2.75, 3.05) is 38.4 Å². The Labute approximate surface area is 142 Å². The third-order valence-electron chi connectivity index (χ3n) is 2.70. The third kappa shape index (κ3) is 6.05. The summed E-state index contributed by atoms with van der Waals surface area (Å²) in [5, 5.41) is 14.7. The number of ether oxygens (including phenoxy) is 2. The van der Waals surface area contributed by atoms with E-state index in [9.17, 15) is 4.79 Å². The van der Waals surface area contributed by atoms with E-state index in [0.29, 0.717) is 24.0 Å². The predicted octanol–water partition coefficient (Wildman–Crippen LogP) is 2.14. The van der Waals surface area contributed by atoms with Gasteiger partial charge in [-0.3, -0.25) is 4.79 Å². The van der Waals surface area contributed by atoms with E-state index in [1.54, 1.807) is 14.2 Å². The molecule has 0 aliphatic heterocycles. The fourth-order valence-corrected chi connectivity index (χ4v) is 3.19. The maximum atomic E-state index is 11.6. The first-order valence-electron chi connectivity index (χ1n) is 6.84. The number of thioether (sulfide) groups is 1. The molecule has 1 amide bonds. The van der Waals surface area contributed by atoms with Gasteiger partial charge in [0.05, 0.1) is 19.5 Å². The van der Waals surface area contributed by atoms with Crippen LogP contribution in [0.3, 0.4) is 0 Å². The van der Waals surface area contributed by atoms with Crippen LogP contribution < -0.4 is 15.4 Å². The van der Waals surface area contributed by atoms with E-state index in [-0.39, 0.29) is 5.91 Å². The van der Waals surface area contributed by atoms with Crippen LogP contribution in [-0.4, -0.2) is 49.2 Å². The summed E-state index contributed by atoms with van der Waals surface area (Å²) in [6, 6.07) is 7.53. The van der Waals surface area contributed by atoms with Gasteiger partial charge in [-0.05, 0) is 24.3 Å². The SMILES string of the molecule is COCCNC(=O)CSc1nnc(Nc2ccc(OC)cc2)s1. The molecule has 2 N–H and O–H groups in total. The minimum absolute atomic E-state index is 0.0492. The molecule has 0 saturated carbocycles. The van der Waals surface area contributed by atoms with E-state index < -0.39 is 0 Å². The van der Waals surface area contributed by atoms with Crippen molar-refractivity contribution in [3.05, 3.63) is 24.3 Å². The van der Waals surface area contributed by atoms with Crippen LogP contribution in [0.15, 0.2) is 28.6 Å². The molecular weight excluding hydrogens is 336 g/mol. The fourth-order valence-electron chi connectivity index (χ4n) is 1.59. The molecule has 0 saturated heterocycles. The van der Waals surface area contributed by atoms with E-state index in [4.69, 9.17) is 9.47 Å². The summed E-state index contributed by atoms with van der Waals surface area (Å²) in [6.45, 7) is 1.02. The molecular formula is C14H18N4O3S2. The number of carbonyl (C=O) groups is 1. The Balaban J connectivity index is 1.79. The molecule has 0 atom stereocenters. The highest BCUT2D eigenvalue weighted by Crippen LogP contribution is 2.28. The molecule has 0 aliphatic carbocycles. The standard InChI is InChI=1S/C14H18N4O3S2/c1-20-8-7-15-12(19)9-22-14-18-17-13(23-14)16-10-3-5-11(21-2)6-4-10/h3-6H,7-9H2,1-2H3,(H,15,19)(H,16,17). The van der Waals surface area contributed by atoms with Crippen molar-refractivity contribution < 1.29 is 14.3 Å². The number of carbonyl (C=O) groups excluding carboxylic acids is 1. The highest BCUT2D eigenvalue weighted by Gasteiger charge is 2.08. The van der Waals surface area contributed by atoms with Gasteiger partial charge in [-0.1, -0.05) is 23.1 Å². The first-order valence-corrected chi connectivity index (χ1v) is 8.64. The third-order valence-corrected chi connectivity index (χ3v) is 4.67. The van der Waals surface area contributed by atoms with Crippen molar-refractivity contribution in [1.29, 1.82) is 0 Å². The smallest absolute Gasteiger partial charge is 0.230 e. The summed E-state index contributed by atoms with van der Waals surface area (Å²) >= 11 is 2.76. The van der Waals surface area contributed by atoms with Crippen molar-refractivity contribution in [3.63, 3.8) is 0 Å². The van der Waals surface area contributed by atoms with Crippen molar-refractivity contribution in [2.24, 2.45) is 0 Å². The molecule has 1 aromatic heterocycles. The van der Waals surface area contributed by atoms with E-state index in [2.05, 4.69) is 20.8 Å². The number of benzene rings is 1. The van der Waals surface area contributed by atoms with Gasteiger partial charge in [0, 0.05) is 19.3 Å². The van der Waals surface area contributed by atoms with Crippen LogP contribution >= 0.6 is 23.1 Å². The monoisotopic (exact) mass is 354 g/mol. The molecule has 1 heterocycles. The minimum atomic E-state index is -0.0492. The molecule has 2 aromatic rings. The average molecular weight is 354 g/mol. The second kappa shape index (κ2) is 9.33. The number of anilines is 2. The fraction of sp³-hybridized carbons (Fsp3) is 0.357. The maximum absolute atomic E-state index is 11.6. The largest absolute Gasteiger partial charge is 0.497 e. The van der Waals surface area contributed by atoms with Crippen LogP contribution in [0.5, 0.6) is 5.75 Å². The summed E-state index contributed by atoms with van der Waals surface area (Å²) in [7, 11) is 3.22. The van der Waals surface area contributed by atoms with E-state index in [1.165, 1.54) is 23.1 Å². The summed E-state index contributed by atoms with van der Waals surface area (Å²) < 4.78 is 10.7. The zero-order valence-corrected chi connectivity index (χ0v) is 14.5. The Morgan fingerprint density at radius 2 is 2.04 bits per heavy atom. The normalized spacial score (nSPS) is 10.3. The molecule has 1 aromatic carbocycles. The molecule has 2 rings (SSSR count). The lowest BCUT2D eigenvalue weighted by Crippen LogP contribution is -2.28. The molecule has 0 aliphatic rings. The minimum Gasteiger partial charge on any atom is -0.497 e. The summed E-state index contributed by atoms with van der Waals surface area (Å²) in [5.74, 6) is 1.05. The molecule has 0 radical (unpaired) electrons. The quantitative estimate of drug-likeness (QED) is 0.527. The summed E-state index contributed by atoms with van der Waals surface area (Å²) in [4.78, 5) is 11.6. The van der Waals surface area contributed by atoms with Crippen molar-refractivity contribution in [1.82, 2.24) is 15.5 Å². The number of hydrogen-bond acceptors (Lipinski definition) is 8. The van der Waals surface area contributed by atoms with E-state index >= 15 is 0 Å². The number of aromatic nitrogens is 2. The van der Waals surface area contributed by atoms with Crippen LogP contribution in [-0.2, 0) is 9.53 Å². The molecule has 23 heavy (non-hydrogen) atoms. The van der Waals surface area contributed by atoms with E-state index in [0.717, 1.165) is 15.8 Å². The van der Waals surface area contributed by atoms with Gasteiger partial charge < -0.3 is 20.1 Å². The van der Waals surface area contributed by atoms with Gasteiger partial charge in [-0.25, -0.2) is 0 Å². The molecule has 0 spiro atoms. The molecule has 9 heteroatoms. The maximum Gasteiger partial charge on any atom is 0.230 e. The van der Waals surface area contributed by atoms with Crippen molar-refractivity contribution >= 4 is 39.8 Å². The number of methoxy groups -OCH3 is 2. The van der Waals surface area contributed by atoms with Crippen LogP contribution in [0, 0.1) is 0 Å². The molecule has 0 bridgehead atoms. The van der Waals surface area contributed by atoms with Gasteiger partial charge in [-0.15, -0.1) is 10.2 Å². The highest BCUT2D eigenvalue weighted by atomic mass is 32.2. The lowest BCUT2D eigenvalue weighted by atomic mass is 10.3. The van der Waals surface area contributed by atoms with Crippen molar-refractivity contribution in [2.45, 2.75) is 4.34 Å². The number of nitrogens with zero attached hydrogens (tertiary/aromatic N) is 2. The van der Waals surface area contributed by atoms with Gasteiger partial charge in [0.2, 0.25) is 11.0 Å². The first-order chi connectivity index (χ1) is 11.2. The Kier molecular flexibility index (Phi) is 7.11. The molecule has 0 fully saturated rings. The molecule has 7 nitrogen and oxygen atoms in total. The zero-order chi connectivity index (χ0) is 16.5. The van der Waals surface area contributed by atoms with Gasteiger partial charge in [0.1, 0.15) is 5.75 Å². The van der Waals surface area contributed by atoms with Gasteiger partial charge in [0.25, 0.3) is 0 Å². The first kappa shape index (κ1) is 17.5. The van der Waals surface area contributed by atoms with Crippen LogP contribution in [0.4, 0.5) is 10.8 Å². The number of amides is 1. The lowest BCUT2D eigenvalue weighted by molar-refractivity contribution is -0.118. The second-order valence-electron chi connectivity index (χ2n) is 4.36. The molecule has 124 valence electrons. The Morgan fingerprint density at radius 1 is 1.26 bits per heavy atom. The number of rotatable bonds is 9. The zero-order valence-electron chi connectivity index (χ0n) is 12.9. The lowest BCUT2D eigenvalue weighted by Gasteiger charge is -2.03.